The number of H-pyrrole nitrogens is 1. The van der Waals surface area contributed by atoms with Crippen molar-refractivity contribution in [1.82, 2.24) is 4.98 Å². The van der Waals surface area contributed by atoms with E-state index >= 15 is 0 Å². The summed E-state index contributed by atoms with van der Waals surface area (Å²) >= 11 is 1.58. The number of aromatic nitrogens is 1. The van der Waals surface area contributed by atoms with E-state index in [0.717, 1.165) is 0 Å². The first-order valence-electron chi connectivity index (χ1n) is 7.41. The van der Waals surface area contributed by atoms with Crippen molar-refractivity contribution in [3.8, 4) is 0 Å². The number of hydrogen-bond acceptors (Lipinski definition) is 6. The molecule has 0 bridgehead atoms. The zero-order valence-corrected chi connectivity index (χ0v) is 14.5. The van der Waals surface area contributed by atoms with E-state index < -0.39 is 17.9 Å². The van der Waals surface area contributed by atoms with E-state index in [4.69, 9.17) is 9.47 Å². The molecule has 1 heterocycles. The summed E-state index contributed by atoms with van der Waals surface area (Å²) in [7, 11) is 1.27. The Kier molecular flexibility index (Phi) is 5.51. The van der Waals surface area contributed by atoms with Gasteiger partial charge in [-0.05, 0) is 31.1 Å². The molecule has 2 atom stereocenters. The fourth-order valence-electron chi connectivity index (χ4n) is 2.96. The van der Waals surface area contributed by atoms with Gasteiger partial charge < -0.3 is 14.5 Å². The standard InChI is InChI=1S/C16H21NO5S/c1-8-7-10-12(14(18)11(8)15(19)21-3)9(2)13(17-10)16(20)22-5-6-23-4/h8,11,17H,5-7H2,1-4H3/t8-,11+/m1/s1. The predicted molar refractivity (Wildman–Crippen MR) is 86.9 cm³/mol. The van der Waals surface area contributed by atoms with Crippen LogP contribution in [0.2, 0.25) is 0 Å². The number of ketones is 1. The number of nitrogens with one attached hydrogen (secondary N) is 1. The average molecular weight is 339 g/mol. The van der Waals surface area contributed by atoms with Crippen LogP contribution in [-0.2, 0) is 20.7 Å². The smallest absolute Gasteiger partial charge is 0.355 e. The number of carbonyl (C=O) groups excluding carboxylic acids is 3. The predicted octanol–water partition coefficient (Wildman–Crippen LogP) is 2.01. The fraction of sp³-hybridized carbons (Fsp3) is 0.562. The molecule has 7 heteroatoms. The molecule has 1 aromatic heterocycles. The third kappa shape index (κ3) is 3.29. The largest absolute Gasteiger partial charge is 0.468 e. The zero-order chi connectivity index (χ0) is 17.1. The highest BCUT2D eigenvalue weighted by Gasteiger charge is 2.41. The van der Waals surface area contributed by atoms with Crippen LogP contribution in [0.15, 0.2) is 0 Å². The van der Waals surface area contributed by atoms with Gasteiger partial charge in [0, 0.05) is 17.0 Å². The summed E-state index contributed by atoms with van der Waals surface area (Å²) < 4.78 is 9.93. The molecule has 0 amide bonds. The second-order valence-electron chi connectivity index (χ2n) is 5.65. The number of rotatable bonds is 5. The monoisotopic (exact) mass is 339 g/mol. The van der Waals surface area contributed by atoms with Gasteiger partial charge in [-0.25, -0.2) is 4.79 Å². The number of aromatic amines is 1. The van der Waals surface area contributed by atoms with E-state index in [1.54, 1.807) is 18.7 Å². The number of fused-ring (bicyclic) bond motifs is 1. The van der Waals surface area contributed by atoms with Gasteiger partial charge in [0.25, 0.3) is 0 Å². The number of Topliss-reactive ketones (excluding diaryl/α,β-unsaturated/α-hetero) is 1. The van der Waals surface area contributed by atoms with Gasteiger partial charge in [-0.2, -0.15) is 11.8 Å². The van der Waals surface area contributed by atoms with Crippen molar-refractivity contribution in [3.05, 3.63) is 22.5 Å². The Labute approximate surface area is 139 Å². The van der Waals surface area contributed by atoms with Crippen molar-refractivity contribution >= 4 is 29.5 Å². The van der Waals surface area contributed by atoms with Gasteiger partial charge in [-0.15, -0.1) is 0 Å². The molecule has 0 radical (unpaired) electrons. The lowest BCUT2D eigenvalue weighted by Gasteiger charge is -2.25. The summed E-state index contributed by atoms with van der Waals surface area (Å²) in [6, 6.07) is 0. The van der Waals surface area contributed by atoms with Crippen molar-refractivity contribution in [1.29, 1.82) is 0 Å². The summed E-state index contributed by atoms with van der Waals surface area (Å²) in [6.45, 7) is 3.84. The van der Waals surface area contributed by atoms with Gasteiger partial charge in [-0.3, -0.25) is 9.59 Å². The van der Waals surface area contributed by atoms with E-state index in [-0.39, 0.29) is 11.7 Å². The van der Waals surface area contributed by atoms with Crippen LogP contribution in [0.3, 0.4) is 0 Å². The molecule has 0 saturated carbocycles. The Morgan fingerprint density at radius 1 is 1.39 bits per heavy atom. The Morgan fingerprint density at radius 2 is 2.09 bits per heavy atom. The molecule has 0 spiro atoms. The zero-order valence-electron chi connectivity index (χ0n) is 13.7. The minimum atomic E-state index is -0.817. The Balaban J connectivity index is 2.31. The van der Waals surface area contributed by atoms with Crippen molar-refractivity contribution in [2.75, 3.05) is 25.7 Å². The lowest BCUT2D eigenvalue weighted by atomic mass is 9.77. The van der Waals surface area contributed by atoms with E-state index in [1.807, 2.05) is 13.2 Å². The van der Waals surface area contributed by atoms with Crippen LogP contribution in [-0.4, -0.2) is 48.4 Å². The van der Waals surface area contributed by atoms with Crippen LogP contribution >= 0.6 is 11.8 Å². The molecule has 23 heavy (non-hydrogen) atoms. The van der Waals surface area contributed by atoms with Crippen LogP contribution in [0.25, 0.3) is 0 Å². The first-order valence-corrected chi connectivity index (χ1v) is 8.81. The van der Waals surface area contributed by atoms with Gasteiger partial charge in [-0.1, -0.05) is 6.92 Å². The lowest BCUT2D eigenvalue weighted by Crippen LogP contribution is -2.36. The fourth-order valence-corrected chi connectivity index (χ4v) is 3.21. The number of methoxy groups -OCH3 is 1. The maximum Gasteiger partial charge on any atom is 0.355 e. The molecule has 1 aromatic rings. The number of carbonyl (C=O) groups is 3. The Hall–Kier alpha value is -1.76. The molecule has 0 fully saturated rings. The maximum absolute atomic E-state index is 12.7. The van der Waals surface area contributed by atoms with Gasteiger partial charge in [0.1, 0.15) is 18.2 Å². The molecule has 0 saturated heterocycles. The third-order valence-electron chi connectivity index (χ3n) is 4.13. The third-order valence-corrected chi connectivity index (χ3v) is 4.71. The number of hydrogen-bond donors (Lipinski definition) is 1. The van der Waals surface area contributed by atoms with Crippen LogP contribution in [0.5, 0.6) is 0 Å². The normalized spacial score (nSPS) is 20.1. The molecule has 1 N–H and O–H groups in total. The van der Waals surface area contributed by atoms with Gasteiger partial charge >= 0.3 is 11.9 Å². The summed E-state index contributed by atoms with van der Waals surface area (Å²) in [6.07, 6.45) is 2.44. The van der Waals surface area contributed by atoms with E-state index in [1.165, 1.54) is 7.11 Å². The van der Waals surface area contributed by atoms with Crippen molar-refractivity contribution in [3.63, 3.8) is 0 Å². The van der Waals surface area contributed by atoms with Crippen LogP contribution < -0.4 is 0 Å². The van der Waals surface area contributed by atoms with Crippen molar-refractivity contribution < 1.29 is 23.9 Å². The number of ether oxygens (including phenoxy) is 2. The van der Waals surface area contributed by atoms with E-state index in [2.05, 4.69) is 4.98 Å². The van der Waals surface area contributed by atoms with E-state index in [9.17, 15) is 14.4 Å². The van der Waals surface area contributed by atoms with E-state index in [0.29, 0.717) is 41.3 Å². The SMILES string of the molecule is COC(=O)[C@@H]1C(=O)c2c([nH]c(C(=O)OCCSC)c2C)C[C@H]1C. The summed E-state index contributed by atoms with van der Waals surface area (Å²) in [5.41, 5.74) is 1.95. The van der Waals surface area contributed by atoms with Crippen LogP contribution in [0, 0.1) is 18.8 Å². The van der Waals surface area contributed by atoms with Crippen molar-refractivity contribution in [2.45, 2.75) is 20.3 Å². The quantitative estimate of drug-likeness (QED) is 0.502. The maximum atomic E-state index is 12.7. The highest BCUT2D eigenvalue weighted by atomic mass is 32.2. The molecule has 1 aliphatic carbocycles. The number of esters is 2. The Morgan fingerprint density at radius 3 is 2.70 bits per heavy atom. The average Bonchev–Trinajstić information content (AvgIpc) is 2.84. The molecular weight excluding hydrogens is 318 g/mol. The minimum Gasteiger partial charge on any atom is -0.468 e. The second kappa shape index (κ2) is 7.21. The molecule has 6 nitrogen and oxygen atoms in total. The molecule has 0 aliphatic heterocycles. The molecule has 1 aliphatic rings. The summed E-state index contributed by atoms with van der Waals surface area (Å²) in [5, 5.41) is 0. The first kappa shape index (κ1) is 17.6. The topological polar surface area (TPSA) is 85.5 Å². The van der Waals surface area contributed by atoms with Crippen LogP contribution in [0.4, 0.5) is 0 Å². The highest BCUT2D eigenvalue weighted by Crippen LogP contribution is 2.34. The molecule has 0 unspecified atom stereocenters. The van der Waals surface area contributed by atoms with Crippen molar-refractivity contribution in [2.24, 2.45) is 11.8 Å². The van der Waals surface area contributed by atoms with Crippen LogP contribution in [0.1, 0.15) is 39.0 Å². The second-order valence-corrected chi connectivity index (χ2v) is 6.64. The summed E-state index contributed by atoms with van der Waals surface area (Å²) in [4.78, 5) is 39.7. The molecular formula is C16H21NO5S. The lowest BCUT2D eigenvalue weighted by molar-refractivity contribution is -0.145. The summed E-state index contributed by atoms with van der Waals surface area (Å²) in [5.74, 6) is -1.57. The molecule has 126 valence electrons. The number of thioether (sulfide) groups is 1. The first-order chi connectivity index (χ1) is 10.9. The minimum absolute atomic E-state index is 0.180. The molecule has 2 rings (SSSR count). The molecule has 0 aromatic carbocycles. The van der Waals surface area contributed by atoms with Gasteiger partial charge in [0.15, 0.2) is 5.78 Å². The van der Waals surface area contributed by atoms with Gasteiger partial charge in [0.05, 0.1) is 7.11 Å². The Bertz CT molecular complexity index is 637. The highest BCUT2D eigenvalue weighted by molar-refractivity contribution is 7.98. The van der Waals surface area contributed by atoms with Gasteiger partial charge in [0.2, 0.25) is 0 Å².